The van der Waals surface area contributed by atoms with Gasteiger partial charge >= 0.3 is 0 Å². The van der Waals surface area contributed by atoms with Crippen LogP contribution < -0.4 is 0 Å². The summed E-state index contributed by atoms with van der Waals surface area (Å²) in [5.74, 6) is 0.885. The van der Waals surface area contributed by atoms with Crippen LogP contribution in [-0.2, 0) is 16.2 Å². The normalized spacial score (nSPS) is 12.5. The molecule has 0 unspecified atom stereocenters. The van der Waals surface area contributed by atoms with Gasteiger partial charge in [0, 0.05) is 39.5 Å². The lowest BCUT2D eigenvalue weighted by molar-refractivity contribution is 0.477. The Morgan fingerprint density at radius 3 is 1.78 bits per heavy atom. The maximum atomic E-state index is 11.4. The highest BCUT2D eigenvalue weighted by atomic mass is 16.3. The van der Waals surface area contributed by atoms with Crippen LogP contribution >= 0.6 is 0 Å². The van der Waals surface area contributed by atoms with Crippen molar-refractivity contribution < 1.29 is 5.11 Å². The smallest absolute Gasteiger partial charge is 0.149 e. The number of pyridine rings is 1. The number of imidazole rings is 1. The van der Waals surface area contributed by atoms with E-state index in [9.17, 15) is 5.11 Å². The molecule has 69 heavy (non-hydrogen) atoms. The van der Waals surface area contributed by atoms with E-state index in [1.54, 1.807) is 6.07 Å². The molecule has 340 valence electrons. The summed E-state index contributed by atoms with van der Waals surface area (Å²) in [6.07, 6.45) is 1.94. The topological polar surface area (TPSA) is 55.9 Å². The molecule has 11 rings (SSSR count). The summed E-state index contributed by atoms with van der Waals surface area (Å²) >= 11 is 0. The van der Waals surface area contributed by atoms with Crippen LogP contribution in [0.3, 0.4) is 0 Å². The molecule has 5 nitrogen and oxygen atoms in total. The third-order valence-electron chi connectivity index (χ3n) is 13.9. The molecule has 3 heterocycles. The van der Waals surface area contributed by atoms with Gasteiger partial charge in [0.05, 0.1) is 33.3 Å². The number of hydrogen-bond acceptors (Lipinski definition) is 3. The second-order valence-corrected chi connectivity index (χ2v) is 21.8. The van der Waals surface area contributed by atoms with Crippen molar-refractivity contribution >= 4 is 43.6 Å². The van der Waals surface area contributed by atoms with Gasteiger partial charge in [-0.15, -0.1) is 0 Å². The number of aromatic nitrogens is 4. The van der Waals surface area contributed by atoms with Crippen LogP contribution in [0.2, 0.25) is 0 Å². The van der Waals surface area contributed by atoms with E-state index in [0.717, 1.165) is 61.4 Å². The van der Waals surface area contributed by atoms with Gasteiger partial charge in [0.1, 0.15) is 11.6 Å². The number of fused-ring (bicyclic) bond motifs is 5. The van der Waals surface area contributed by atoms with E-state index in [2.05, 4.69) is 223 Å². The molecule has 0 aliphatic heterocycles. The van der Waals surface area contributed by atoms with Gasteiger partial charge in [0.2, 0.25) is 0 Å². The second-order valence-electron chi connectivity index (χ2n) is 21.8. The van der Waals surface area contributed by atoms with Crippen molar-refractivity contribution in [1.29, 1.82) is 0 Å². The van der Waals surface area contributed by atoms with E-state index >= 15 is 0 Å². The zero-order valence-corrected chi connectivity index (χ0v) is 41.1. The van der Waals surface area contributed by atoms with E-state index in [1.165, 1.54) is 43.8 Å². The summed E-state index contributed by atoms with van der Waals surface area (Å²) in [7, 11) is 0. The van der Waals surface area contributed by atoms with Crippen LogP contribution in [0.4, 0.5) is 0 Å². The van der Waals surface area contributed by atoms with Crippen LogP contribution in [0, 0.1) is 0 Å². The van der Waals surface area contributed by atoms with Crippen LogP contribution in [0.5, 0.6) is 5.75 Å². The van der Waals surface area contributed by atoms with Gasteiger partial charge in [0.15, 0.2) is 0 Å². The molecule has 8 aromatic carbocycles. The lowest BCUT2D eigenvalue weighted by Crippen LogP contribution is -2.17. The van der Waals surface area contributed by atoms with E-state index in [4.69, 9.17) is 9.97 Å². The minimum absolute atomic E-state index is 0.0909. The largest absolute Gasteiger partial charge is 0.507 e. The molecule has 0 spiro atoms. The average Bonchev–Trinajstić information content (AvgIpc) is 3.89. The summed E-state index contributed by atoms with van der Waals surface area (Å²) in [4.78, 5) is 10.6. The highest BCUT2D eigenvalue weighted by Crippen LogP contribution is 2.42. The minimum Gasteiger partial charge on any atom is -0.507 e. The number of rotatable bonds is 6. The van der Waals surface area contributed by atoms with Crippen LogP contribution in [0.15, 0.2) is 182 Å². The van der Waals surface area contributed by atoms with Crippen LogP contribution in [0.1, 0.15) is 79.0 Å². The number of nitrogens with zero attached hydrogens (tertiary/aromatic N) is 4. The van der Waals surface area contributed by atoms with Gasteiger partial charge in [-0.3, -0.25) is 9.55 Å². The molecule has 0 aliphatic rings. The maximum Gasteiger partial charge on any atom is 0.149 e. The molecule has 0 amide bonds. The Kier molecular flexibility index (Phi) is 10.3. The summed E-state index contributed by atoms with van der Waals surface area (Å²) in [6.45, 7) is 20.4. The van der Waals surface area contributed by atoms with E-state index in [-0.39, 0.29) is 22.0 Å². The van der Waals surface area contributed by atoms with Crippen molar-refractivity contribution in [3.63, 3.8) is 0 Å². The molecular formula is C64H58N4O. The summed E-state index contributed by atoms with van der Waals surface area (Å²) < 4.78 is 4.65. The van der Waals surface area contributed by atoms with E-state index in [0.29, 0.717) is 11.4 Å². The number of phenolic OH excluding ortho intramolecular Hbond substituents is 1. The zero-order valence-electron chi connectivity index (χ0n) is 41.1. The van der Waals surface area contributed by atoms with Gasteiger partial charge in [-0.25, -0.2) is 4.98 Å². The highest BCUT2D eigenvalue weighted by molar-refractivity contribution is 6.10. The molecule has 0 saturated carbocycles. The van der Waals surface area contributed by atoms with Crippen molar-refractivity contribution in [3.8, 4) is 62.0 Å². The third-order valence-corrected chi connectivity index (χ3v) is 13.9. The Labute approximate surface area is 405 Å². The molecule has 0 atom stereocenters. The van der Waals surface area contributed by atoms with E-state index in [1.807, 2.05) is 24.4 Å². The Balaban J connectivity index is 1.08. The van der Waals surface area contributed by atoms with Crippen molar-refractivity contribution in [2.75, 3.05) is 0 Å². The van der Waals surface area contributed by atoms with Crippen molar-refractivity contribution in [2.24, 2.45) is 0 Å². The summed E-state index contributed by atoms with van der Waals surface area (Å²) in [5.41, 5.74) is 16.6. The third kappa shape index (κ3) is 7.86. The highest BCUT2D eigenvalue weighted by Gasteiger charge is 2.26. The zero-order chi connectivity index (χ0) is 48.0. The molecule has 11 aromatic rings. The molecular weight excluding hydrogens is 841 g/mol. The Bertz CT molecular complexity index is 3780. The quantitative estimate of drug-likeness (QED) is 0.181. The maximum absolute atomic E-state index is 11.4. The molecule has 0 radical (unpaired) electrons. The van der Waals surface area contributed by atoms with E-state index < -0.39 is 0 Å². The van der Waals surface area contributed by atoms with Crippen LogP contribution in [-0.4, -0.2) is 24.2 Å². The van der Waals surface area contributed by atoms with Gasteiger partial charge in [-0.2, -0.15) is 0 Å². The summed E-state index contributed by atoms with van der Waals surface area (Å²) in [5, 5.41) is 16.3. The summed E-state index contributed by atoms with van der Waals surface area (Å²) in [6, 6.07) is 63.1. The van der Waals surface area contributed by atoms with Crippen molar-refractivity contribution in [3.05, 3.63) is 199 Å². The Morgan fingerprint density at radius 2 is 1.03 bits per heavy atom. The number of aromatic hydroxyl groups is 1. The fourth-order valence-electron chi connectivity index (χ4n) is 9.92. The number of benzene rings is 8. The molecule has 0 aliphatic carbocycles. The lowest BCUT2D eigenvalue weighted by atomic mass is 9.80. The molecule has 0 fully saturated rings. The number of phenols is 1. The molecule has 5 heteroatoms. The van der Waals surface area contributed by atoms with Gasteiger partial charge in [-0.1, -0.05) is 159 Å². The minimum atomic E-state index is -0.158. The van der Waals surface area contributed by atoms with Crippen molar-refractivity contribution in [2.45, 2.75) is 78.6 Å². The molecule has 1 N–H and O–H groups in total. The predicted molar refractivity (Wildman–Crippen MR) is 290 cm³/mol. The van der Waals surface area contributed by atoms with Crippen LogP contribution in [0.25, 0.3) is 99.9 Å². The first kappa shape index (κ1) is 43.8. The fourth-order valence-corrected chi connectivity index (χ4v) is 9.92. The monoisotopic (exact) mass is 898 g/mol. The van der Waals surface area contributed by atoms with Gasteiger partial charge in [-0.05, 0) is 139 Å². The Hall–Kier alpha value is -7.76. The number of para-hydroxylation sites is 3. The standard InChI is InChI=1S/C64H58N4O/c1-62(2,3)46-32-44(51-21-16-23-57-60(51)66-61(54-20-13-15-24-59(54)69)68(57)50-38-47(63(4,5)6)37-48(39-50)64(7,8)9)31-45(33-46)55-35-43(29-30-65-55)42-26-28-53-52-19-12-14-22-56(52)67(58(53)36-42)49-27-25-40-17-10-11-18-41(40)34-49/h10-39,69H,1-9H3. The number of hydrogen-bond donors (Lipinski definition) is 1. The lowest BCUT2D eigenvalue weighted by Gasteiger charge is -2.27. The first-order valence-corrected chi connectivity index (χ1v) is 24.1. The predicted octanol–water partition coefficient (Wildman–Crippen LogP) is 16.9. The van der Waals surface area contributed by atoms with Crippen molar-refractivity contribution in [1.82, 2.24) is 19.1 Å². The first-order valence-electron chi connectivity index (χ1n) is 24.1. The fraction of sp³-hybridized carbons (Fsp3) is 0.188. The molecule has 0 bridgehead atoms. The SMILES string of the molecule is CC(C)(C)c1cc(-c2cc(-c3ccc4c5ccccc5n(-c5ccc6ccccc6c5)c4c3)ccn2)cc(-c2cccc3c2nc(-c2ccccc2O)n3-c2cc(C(C)(C)C)cc(C(C)(C)C)c2)c1. The molecule has 3 aromatic heterocycles. The van der Waals surface area contributed by atoms with Gasteiger partial charge < -0.3 is 9.67 Å². The second kappa shape index (κ2) is 16.2. The molecule has 0 saturated heterocycles. The first-order chi connectivity index (χ1) is 33.0. The van der Waals surface area contributed by atoms with Gasteiger partial charge in [0.25, 0.3) is 0 Å². The average molecular weight is 899 g/mol. The Morgan fingerprint density at radius 1 is 0.406 bits per heavy atom.